The molecule has 1 N–H and O–H groups in total. The zero-order chi connectivity index (χ0) is 14.7. The number of nitrogens with zero attached hydrogens (tertiary/aromatic N) is 1. The normalized spacial score (nSPS) is 18.8. The number of rotatable bonds is 4. The molecule has 0 spiro atoms. The number of carbonyl (C=O) groups is 1. The van der Waals surface area contributed by atoms with E-state index in [1.807, 2.05) is 0 Å². The first-order valence-corrected chi connectivity index (χ1v) is 8.62. The van der Waals surface area contributed by atoms with Gasteiger partial charge in [-0.1, -0.05) is 11.3 Å². The van der Waals surface area contributed by atoms with Crippen LogP contribution in [0.3, 0.4) is 0 Å². The van der Waals surface area contributed by atoms with Crippen molar-refractivity contribution in [3.63, 3.8) is 0 Å². The minimum Gasteiger partial charge on any atom is -0.380 e. The van der Waals surface area contributed by atoms with Crippen molar-refractivity contribution in [2.45, 2.75) is 18.1 Å². The Labute approximate surface area is 130 Å². The highest BCUT2D eigenvalue weighted by Crippen LogP contribution is 2.27. The number of aromatic nitrogens is 1. The van der Waals surface area contributed by atoms with Crippen LogP contribution in [0.4, 0.5) is 9.52 Å². The molecular weight excluding hydrogens is 311 g/mol. The molecule has 0 radical (unpaired) electrons. The molecule has 21 heavy (non-hydrogen) atoms. The van der Waals surface area contributed by atoms with Crippen LogP contribution < -0.4 is 5.32 Å². The van der Waals surface area contributed by atoms with Crippen LogP contribution in [0.5, 0.6) is 0 Å². The van der Waals surface area contributed by atoms with Crippen LogP contribution in [0.25, 0.3) is 10.2 Å². The highest BCUT2D eigenvalue weighted by molar-refractivity contribution is 8.00. The first-order chi connectivity index (χ1) is 10.2. The highest BCUT2D eigenvalue weighted by Gasteiger charge is 2.16. The van der Waals surface area contributed by atoms with Gasteiger partial charge in [0, 0.05) is 11.9 Å². The van der Waals surface area contributed by atoms with Crippen molar-refractivity contribution in [2.24, 2.45) is 0 Å². The Bertz CT molecular complexity index is 641. The molecule has 2 aromatic rings. The topological polar surface area (TPSA) is 51.2 Å². The van der Waals surface area contributed by atoms with Crippen molar-refractivity contribution in [1.29, 1.82) is 0 Å². The Hall–Kier alpha value is -1.18. The van der Waals surface area contributed by atoms with Crippen molar-refractivity contribution in [3.8, 4) is 0 Å². The lowest BCUT2D eigenvalue weighted by Crippen LogP contribution is -2.22. The molecule has 7 heteroatoms. The molecule has 1 aliphatic heterocycles. The predicted molar refractivity (Wildman–Crippen MR) is 84.5 cm³/mol. The number of thiazole rings is 1. The number of amides is 1. The van der Waals surface area contributed by atoms with E-state index in [9.17, 15) is 9.18 Å². The van der Waals surface area contributed by atoms with Crippen LogP contribution >= 0.6 is 23.1 Å². The summed E-state index contributed by atoms with van der Waals surface area (Å²) in [6, 6.07) is 4.41. The van der Waals surface area contributed by atoms with Gasteiger partial charge in [-0.25, -0.2) is 9.37 Å². The molecule has 2 heterocycles. The third kappa shape index (κ3) is 3.93. The molecular formula is C14H15FN2O2S2. The second-order valence-electron chi connectivity index (χ2n) is 4.83. The molecule has 0 saturated carbocycles. The van der Waals surface area contributed by atoms with E-state index < -0.39 is 0 Å². The minimum atomic E-state index is -0.295. The molecule has 1 atom stereocenters. The number of anilines is 1. The van der Waals surface area contributed by atoms with Crippen LogP contribution in [-0.4, -0.2) is 35.1 Å². The van der Waals surface area contributed by atoms with Gasteiger partial charge in [-0.15, -0.1) is 11.8 Å². The minimum absolute atomic E-state index is 0.0786. The smallest absolute Gasteiger partial charge is 0.236 e. The molecule has 1 aromatic carbocycles. The summed E-state index contributed by atoms with van der Waals surface area (Å²) in [7, 11) is 0. The summed E-state index contributed by atoms with van der Waals surface area (Å²) in [6.45, 7) is 1.55. The molecule has 112 valence electrons. The molecule has 1 aliphatic rings. The second-order valence-corrected chi connectivity index (χ2v) is 7.15. The summed E-state index contributed by atoms with van der Waals surface area (Å²) in [6.07, 6.45) is 2.15. The number of benzene rings is 1. The van der Waals surface area contributed by atoms with Crippen molar-refractivity contribution in [1.82, 2.24) is 4.98 Å². The molecule has 0 unspecified atom stereocenters. The van der Waals surface area contributed by atoms with E-state index in [0.717, 1.165) is 30.8 Å². The molecule has 3 rings (SSSR count). The van der Waals surface area contributed by atoms with Gasteiger partial charge in [0.1, 0.15) is 5.82 Å². The van der Waals surface area contributed by atoms with Crippen LogP contribution in [0.2, 0.25) is 0 Å². The molecule has 0 aliphatic carbocycles. The number of fused-ring (bicyclic) bond motifs is 1. The second kappa shape index (κ2) is 6.72. The average Bonchev–Trinajstić information content (AvgIpc) is 2.87. The standard InChI is InChI=1S/C14H15FN2O2S2/c15-9-3-4-11-12(6-9)21-14(16-11)17-13(18)8-20-10-2-1-5-19-7-10/h3-4,6,10H,1-2,5,7-8H2,(H,16,17,18)/t10-/m0/s1. The van der Waals surface area contributed by atoms with E-state index in [0.29, 0.717) is 21.7 Å². The quantitative estimate of drug-likeness (QED) is 0.937. The third-order valence-electron chi connectivity index (χ3n) is 3.17. The Morgan fingerprint density at radius 2 is 2.48 bits per heavy atom. The maximum Gasteiger partial charge on any atom is 0.236 e. The fourth-order valence-corrected chi connectivity index (χ4v) is 4.04. The third-order valence-corrected chi connectivity index (χ3v) is 5.37. The number of ether oxygens (including phenoxy) is 1. The summed E-state index contributed by atoms with van der Waals surface area (Å²) in [5.74, 6) is 0.0141. The summed E-state index contributed by atoms with van der Waals surface area (Å²) in [5.41, 5.74) is 0.699. The van der Waals surface area contributed by atoms with Gasteiger partial charge >= 0.3 is 0 Å². The number of thioether (sulfide) groups is 1. The van der Waals surface area contributed by atoms with E-state index in [1.54, 1.807) is 17.8 Å². The number of nitrogens with one attached hydrogen (secondary N) is 1. The van der Waals surface area contributed by atoms with Gasteiger partial charge in [0.05, 0.1) is 22.6 Å². The van der Waals surface area contributed by atoms with Gasteiger partial charge in [-0.3, -0.25) is 4.79 Å². The van der Waals surface area contributed by atoms with Crippen molar-refractivity contribution < 1.29 is 13.9 Å². The van der Waals surface area contributed by atoms with Crippen LogP contribution in [0, 0.1) is 5.82 Å². The van der Waals surface area contributed by atoms with E-state index in [4.69, 9.17) is 4.74 Å². The average molecular weight is 326 g/mol. The number of hydrogen-bond donors (Lipinski definition) is 1. The van der Waals surface area contributed by atoms with Gasteiger partial charge in [-0.2, -0.15) is 0 Å². The van der Waals surface area contributed by atoms with E-state index in [-0.39, 0.29) is 11.7 Å². The van der Waals surface area contributed by atoms with Gasteiger partial charge in [0.15, 0.2) is 5.13 Å². The first-order valence-electron chi connectivity index (χ1n) is 6.76. The molecule has 1 fully saturated rings. The van der Waals surface area contributed by atoms with Crippen molar-refractivity contribution >= 4 is 44.4 Å². The first kappa shape index (κ1) is 14.7. The van der Waals surface area contributed by atoms with Gasteiger partial charge in [0.2, 0.25) is 5.91 Å². The largest absolute Gasteiger partial charge is 0.380 e. The van der Waals surface area contributed by atoms with E-state index in [1.165, 1.54) is 23.5 Å². The highest BCUT2D eigenvalue weighted by atomic mass is 32.2. The summed E-state index contributed by atoms with van der Waals surface area (Å²) >= 11 is 2.90. The van der Waals surface area contributed by atoms with Crippen LogP contribution in [0.15, 0.2) is 18.2 Å². The maximum absolute atomic E-state index is 13.1. The predicted octanol–water partition coefficient (Wildman–Crippen LogP) is 3.29. The number of halogens is 1. The van der Waals surface area contributed by atoms with Crippen LogP contribution in [-0.2, 0) is 9.53 Å². The van der Waals surface area contributed by atoms with E-state index in [2.05, 4.69) is 10.3 Å². The Balaban J connectivity index is 1.55. The zero-order valence-electron chi connectivity index (χ0n) is 11.3. The van der Waals surface area contributed by atoms with Gasteiger partial charge in [0.25, 0.3) is 0 Å². The fourth-order valence-electron chi connectivity index (χ4n) is 2.14. The zero-order valence-corrected chi connectivity index (χ0v) is 12.9. The summed E-state index contributed by atoms with van der Waals surface area (Å²) in [4.78, 5) is 16.2. The number of hydrogen-bond acceptors (Lipinski definition) is 5. The lowest BCUT2D eigenvalue weighted by atomic mass is 10.2. The summed E-state index contributed by atoms with van der Waals surface area (Å²) < 4.78 is 19.2. The SMILES string of the molecule is O=C(CS[C@H]1CCCOC1)Nc1nc2ccc(F)cc2s1. The van der Waals surface area contributed by atoms with Crippen molar-refractivity contribution in [2.75, 3.05) is 24.3 Å². The Kier molecular flexibility index (Phi) is 4.72. The summed E-state index contributed by atoms with van der Waals surface area (Å²) in [5, 5.41) is 3.69. The van der Waals surface area contributed by atoms with Crippen LogP contribution in [0.1, 0.15) is 12.8 Å². The lowest BCUT2D eigenvalue weighted by molar-refractivity contribution is -0.113. The van der Waals surface area contributed by atoms with Crippen molar-refractivity contribution in [3.05, 3.63) is 24.0 Å². The maximum atomic E-state index is 13.1. The molecule has 4 nitrogen and oxygen atoms in total. The van der Waals surface area contributed by atoms with Gasteiger partial charge < -0.3 is 10.1 Å². The lowest BCUT2D eigenvalue weighted by Gasteiger charge is -2.20. The number of carbonyl (C=O) groups excluding carboxylic acids is 1. The monoisotopic (exact) mass is 326 g/mol. The molecule has 1 aromatic heterocycles. The Morgan fingerprint density at radius 1 is 1.57 bits per heavy atom. The molecule has 0 bridgehead atoms. The fraction of sp³-hybridized carbons (Fsp3) is 0.429. The Morgan fingerprint density at radius 3 is 3.29 bits per heavy atom. The molecule has 1 amide bonds. The van der Waals surface area contributed by atoms with E-state index >= 15 is 0 Å². The molecule has 1 saturated heterocycles. The van der Waals surface area contributed by atoms with Gasteiger partial charge in [-0.05, 0) is 31.0 Å².